The van der Waals surface area contributed by atoms with Gasteiger partial charge in [0.2, 0.25) is 17.7 Å². The highest BCUT2D eigenvalue weighted by atomic mass is 16.5. The third-order valence-corrected chi connectivity index (χ3v) is 11.3. The molecule has 6 atom stereocenters. The highest BCUT2D eigenvalue weighted by Gasteiger charge is 2.37. The van der Waals surface area contributed by atoms with Crippen molar-refractivity contribution in [2.24, 2.45) is 22.6 Å². The van der Waals surface area contributed by atoms with Crippen LogP contribution in [0.2, 0.25) is 0 Å². The number of aliphatic carboxylic acids is 1. The Balaban J connectivity index is 1.55. The fraction of sp³-hybridized carbons (Fsp3) is 0.438. The van der Waals surface area contributed by atoms with Gasteiger partial charge >= 0.3 is 5.97 Å². The van der Waals surface area contributed by atoms with Crippen molar-refractivity contribution in [1.29, 1.82) is 0 Å². The molecule has 0 spiro atoms. The minimum absolute atomic E-state index is 0.0278. The quantitative estimate of drug-likeness (QED) is 0.0595. The Morgan fingerprint density at radius 1 is 0.886 bits per heavy atom. The van der Waals surface area contributed by atoms with Crippen LogP contribution in [0, 0.1) is 5.41 Å². The van der Waals surface area contributed by atoms with Crippen molar-refractivity contribution >= 4 is 29.6 Å². The number of rotatable bonds is 19. The van der Waals surface area contributed by atoms with Crippen LogP contribution >= 0.6 is 0 Å². The van der Waals surface area contributed by atoms with E-state index in [1.165, 1.54) is 44.3 Å². The van der Waals surface area contributed by atoms with Crippen LogP contribution in [0.1, 0.15) is 68.1 Å². The number of carbonyl (C=O) groups is 5. The summed E-state index contributed by atoms with van der Waals surface area (Å²) in [6, 6.07) is 8.73. The van der Waals surface area contributed by atoms with Crippen LogP contribution in [0.4, 0.5) is 0 Å². The Morgan fingerprint density at radius 3 is 2.14 bits per heavy atom. The van der Waals surface area contributed by atoms with Gasteiger partial charge in [-0.2, -0.15) is 9.78 Å². The molecule has 1 aromatic heterocycles. The van der Waals surface area contributed by atoms with E-state index in [4.69, 9.17) is 31.4 Å². The molecule has 3 aromatic carbocycles. The van der Waals surface area contributed by atoms with Gasteiger partial charge in [-0.25, -0.2) is 4.79 Å². The van der Waals surface area contributed by atoms with E-state index in [2.05, 4.69) is 41.8 Å². The van der Waals surface area contributed by atoms with Crippen molar-refractivity contribution < 1.29 is 58.6 Å². The van der Waals surface area contributed by atoms with E-state index in [1.807, 2.05) is 0 Å². The lowest BCUT2D eigenvalue weighted by molar-refractivity contribution is -0.143. The summed E-state index contributed by atoms with van der Waals surface area (Å²) < 4.78 is 18.7. The zero-order chi connectivity index (χ0) is 51.4. The van der Waals surface area contributed by atoms with E-state index in [-0.39, 0.29) is 78.3 Å². The number of hydrogen-bond acceptors (Lipinski definition) is 16. The molecule has 70 heavy (non-hydrogen) atoms. The molecule has 4 aromatic rings. The molecule has 0 aliphatic carbocycles. The Morgan fingerprint density at radius 2 is 1.54 bits per heavy atom. The molecule has 378 valence electrons. The zero-order valence-electron chi connectivity index (χ0n) is 39.7. The first-order valence-electron chi connectivity index (χ1n) is 22.6. The minimum atomic E-state index is -1.70. The number of likely N-dealkylation sites (N-methyl/N-ethyl adjacent to an activating group) is 1. The van der Waals surface area contributed by atoms with Gasteiger partial charge in [-0.15, -0.1) is 0 Å². The number of aromatic hydroxyl groups is 1. The average Bonchev–Trinajstić information content (AvgIpc) is 3.32. The number of aromatic nitrogens is 2. The maximum atomic E-state index is 14.7. The predicted octanol–water partition coefficient (Wildman–Crippen LogP) is 0.0940. The van der Waals surface area contributed by atoms with E-state index >= 15 is 0 Å². The number of nitrogens with one attached hydrogen (secondary N) is 3. The van der Waals surface area contributed by atoms with Gasteiger partial charge in [-0.3, -0.25) is 24.0 Å². The SMILES string of the molecule is C[C@@H]1NC(=O)C(N(C)C(=O)[C@H](CCN)NC(=O)c2cnn(-c3ccc(OCCC(C)(C)C)cc3)c(=O)c2)c2cc(OC[C@H](O)CN)c(O)c(c2)-c2cc(ccc2OC[C@H](O)CN)CC(C(=O)O)NC1=O. The van der Waals surface area contributed by atoms with Crippen molar-refractivity contribution in [3.8, 4) is 39.8 Å². The second-order valence-corrected chi connectivity index (χ2v) is 18.1. The van der Waals surface area contributed by atoms with Crippen LogP contribution < -0.4 is 52.9 Å². The fourth-order valence-corrected chi connectivity index (χ4v) is 7.22. The van der Waals surface area contributed by atoms with Crippen molar-refractivity contribution in [2.75, 3.05) is 46.5 Å². The van der Waals surface area contributed by atoms with Gasteiger partial charge in [0, 0.05) is 43.8 Å². The van der Waals surface area contributed by atoms with E-state index in [1.54, 1.807) is 24.3 Å². The summed E-state index contributed by atoms with van der Waals surface area (Å²) in [7, 11) is 1.24. The Kier molecular flexibility index (Phi) is 18.4. The lowest BCUT2D eigenvalue weighted by Crippen LogP contribution is -2.55. The number of ether oxygens (including phenoxy) is 3. The Bertz CT molecular complexity index is 2570. The number of fused-ring (bicyclic) bond motifs is 5. The summed E-state index contributed by atoms with van der Waals surface area (Å²) in [5.41, 5.74) is 17.2. The lowest BCUT2D eigenvalue weighted by Gasteiger charge is -2.32. The molecule has 1 aliphatic rings. The highest BCUT2D eigenvalue weighted by molar-refractivity contribution is 5.99. The average molecular weight is 974 g/mol. The molecule has 0 saturated heterocycles. The molecule has 1 aliphatic heterocycles. The number of hydrogen-bond donors (Lipinski definition) is 10. The molecule has 5 rings (SSSR count). The summed E-state index contributed by atoms with van der Waals surface area (Å²) in [5.74, 6) is -5.17. The minimum Gasteiger partial charge on any atom is -0.504 e. The van der Waals surface area contributed by atoms with E-state index in [9.17, 15) is 49.2 Å². The van der Waals surface area contributed by atoms with Crippen LogP contribution in [0.15, 0.2) is 71.7 Å². The predicted molar refractivity (Wildman–Crippen MR) is 255 cm³/mol. The molecule has 0 fully saturated rings. The van der Waals surface area contributed by atoms with Crippen LogP contribution in [-0.2, 0) is 25.6 Å². The monoisotopic (exact) mass is 973 g/mol. The van der Waals surface area contributed by atoms with Gasteiger partial charge in [0.25, 0.3) is 11.5 Å². The molecule has 0 saturated carbocycles. The summed E-state index contributed by atoms with van der Waals surface area (Å²) in [4.78, 5) is 83.3. The third kappa shape index (κ3) is 14.0. The number of carboxylic acids is 1. The smallest absolute Gasteiger partial charge is 0.326 e. The molecule has 2 unspecified atom stereocenters. The summed E-state index contributed by atoms with van der Waals surface area (Å²) in [5, 5.41) is 54.4. The standard InChI is InChI=1S/C48H63N9O13/c1-26-43(62)55-37(47(66)67)17-27-6-11-38(69-24-31(58)21-50)34(16-27)35-18-28(19-39(42(35)61)70-25-32(59)22-51)41(45(64)53-26)56(5)46(65)36(12-14-49)54-44(63)29-20-40(60)57(52-23-29)30-7-9-33(10-8-30)68-15-13-48(2,3)4/h6-11,16,18-20,23,26,31-32,36-37,41,58-59,61H,12-15,17,21-22,24-25,49-51H2,1-5H3,(H,53,64)(H,54,63)(H,55,62)(H,66,67)/t26-,31+,32+,36-,37?,41?/m0/s1. The normalized spacial score (nSPS) is 17.4. The molecular weight excluding hydrogens is 911 g/mol. The molecular formula is C48H63N9O13. The Labute approximate surface area is 404 Å². The number of nitrogens with two attached hydrogens (primary N) is 3. The number of benzene rings is 3. The number of carboxylic acid groups (broad SMARTS) is 1. The molecule has 22 nitrogen and oxygen atoms in total. The van der Waals surface area contributed by atoms with Crippen LogP contribution in [0.25, 0.3) is 16.8 Å². The van der Waals surface area contributed by atoms with Crippen molar-refractivity contribution in [1.82, 2.24) is 30.6 Å². The number of phenolic OH excluding ortho intramolecular Hbond substituents is 1. The molecule has 4 bridgehead atoms. The second kappa shape index (κ2) is 23.9. The maximum Gasteiger partial charge on any atom is 0.326 e. The van der Waals surface area contributed by atoms with Crippen LogP contribution in [0.3, 0.4) is 0 Å². The van der Waals surface area contributed by atoms with Crippen LogP contribution in [-0.4, -0.2) is 142 Å². The fourth-order valence-electron chi connectivity index (χ4n) is 7.22. The number of amides is 4. The maximum absolute atomic E-state index is 14.7. The van der Waals surface area contributed by atoms with Gasteiger partial charge in [-0.1, -0.05) is 26.8 Å². The number of nitrogens with zero attached hydrogens (tertiary/aromatic N) is 3. The van der Waals surface area contributed by atoms with Gasteiger partial charge in [0.05, 0.1) is 24.1 Å². The first-order chi connectivity index (χ1) is 33.1. The summed E-state index contributed by atoms with van der Waals surface area (Å²) in [6.07, 6.45) is -0.781. The van der Waals surface area contributed by atoms with E-state index < -0.39 is 83.9 Å². The molecule has 0 radical (unpaired) electrons. The third-order valence-electron chi connectivity index (χ3n) is 11.3. The topological polar surface area (TPSA) is 346 Å². The number of carbonyl (C=O) groups excluding carboxylic acids is 4. The molecule has 4 amide bonds. The first-order valence-corrected chi connectivity index (χ1v) is 22.6. The lowest BCUT2D eigenvalue weighted by atomic mass is 9.93. The van der Waals surface area contributed by atoms with Gasteiger partial charge < -0.3 is 72.7 Å². The molecule has 13 N–H and O–H groups in total. The number of aliphatic hydroxyl groups is 2. The molecule has 2 heterocycles. The van der Waals surface area contributed by atoms with E-state index in [0.29, 0.717) is 23.6 Å². The summed E-state index contributed by atoms with van der Waals surface area (Å²) in [6.45, 7) is 6.85. The summed E-state index contributed by atoms with van der Waals surface area (Å²) >= 11 is 0. The van der Waals surface area contributed by atoms with Crippen LogP contribution in [0.5, 0.6) is 23.0 Å². The second-order valence-electron chi connectivity index (χ2n) is 18.1. The van der Waals surface area contributed by atoms with Crippen molar-refractivity contribution in [3.05, 3.63) is 93.9 Å². The molecule has 22 heteroatoms. The van der Waals surface area contributed by atoms with Crippen molar-refractivity contribution in [2.45, 2.75) is 83.3 Å². The highest BCUT2D eigenvalue weighted by Crippen LogP contribution is 2.45. The first kappa shape index (κ1) is 53.8. The van der Waals surface area contributed by atoms with Crippen molar-refractivity contribution in [3.63, 3.8) is 0 Å². The number of aliphatic hydroxyl groups excluding tert-OH is 2. The van der Waals surface area contributed by atoms with Gasteiger partial charge in [-0.05, 0) is 91.4 Å². The number of phenols is 1. The van der Waals surface area contributed by atoms with Gasteiger partial charge in [0.1, 0.15) is 61.1 Å². The largest absolute Gasteiger partial charge is 0.504 e. The van der Waals surface area contributed by atoms with Gasteiger partial charge in [0.15, 0.2) is 11.5 Å². The Hall–Kier alpha value is -7.11. The van der Waals surface area contributed by atoms with E-state index in [0.717, 1.165) is 28.3 Å². The zero-order valence-corrected chi connectivity index (χ0v) is 39.7.